The molecule has 0 N–H and O–H groups in total. The molecule has 0 aliphatic carbocycles. The van der Waals surface area contributed by atoms with Crippen LogP contribution in [0.5, 0.6) is 0 Å². The molecule has 2 rings (SSSR count). The van der Waals surface area contributed by atoms with Crippen LogP contribution in [0, 0.1) is 0 Å². The smallest absolute Gasteiger partial charge is 0.289 e. The number of furan rings is 1. The maximum atomic E-state index is 12.1. The van der Waals surface area contributed by atoms with Gasteiger partial charge in [0.2, 0.25) is 0 Å². The minimum Gasteiger partial charge on any atom is -0.455 e. The molecule has 100 valence electrons. The SMILES string of the molecule is CCN(CC)Cc1ccc(C(=O)N2CCCC2)o1. The molecule has 18 heavy (non-hydrogen) atoms. The first-order valence-corrected chi connectivity index (χ1v) is 6.85. The van der Waals surface area contributed by atoms with Crippen molar-refractivity contribution < 1.29 is 9.21 Å². The summed E-state index contributed by atoms with van der Waals surface area (Å²) in [4.78, 5) is 16.2. The number of nitrogens with zero attached hydrogens (tertiary/aromatic N) is 2. The molecule has 1 aliphatic heterocycles. The van der Waals surface area contributed by atoms with Gasteiger partial charge in [-0.05, 0) is 38.1 Å². The van der Waals surface area contributed by atoms with Crippen molar-refractivity contribution in [1.29, 1.82) is 0 Å². The Balaban J connectivity index is 1.98. The molecule has 2 heterocycles. The average molecular weight is 250 g/mol. The summed E-state index contributed by atoms with van der Waals surface area (Å²) >= 11 is 0. The van der Waals surface area contributed by atoms with Crippen molar-refractivity contribution in [2.45, 2.75) is 33.2 Å². The minimum atomic E-state index is 0.0401. The molecule has 0 bridgehead atoms. The first-order chi connectivity index (χ1) is 8.74. The van der Waals surface area contributed by atoms with Crippen LogP contribution in [0.2, 0.25) is 0 Å². The average Bonchev–Trinajstić information content (AvgIpc) is 3.06. The highest BCUT2D eigenvalue weighted by Gasteiger charge is 2.22. The van der Waals surface area contributed by atoms with E-state index < -0.39 is 0 Å². The molecule has 4 nitrogen and oxygen atoms in total. The van der Waals surface area contributed by atoms with Crippen LogP contribution in [0.4, 0.5) is 0 Å². The second-order valence-corrected chi connectivity index (χ2v) is 4.73. The zero-order valence-corrected chi connectivity index (χ0v) is 11.3. The Hall–Kier alpha value is -1.29. The summed E-state index contributed by atoms with van der Waals surface area (Å²) in [5.41, 5.74) is 0. The third kappa shape index (κ3) is 2.93. The second kappa shape index (κ2) is 6.05. The lowest BCUT2D eigenvalue weighted by Crippen LogP contribution is -2.27. The van der Waals surface area contributed by atoms with Gasteiger partial charge < -0.3 is 9.32 Å². The molecule has 0 unspecified atom stereocenters. The van der Waals surface area contributed by atoms with E-state index in [1.54, 1.807) is 6.07 Å². The summed E-state index contributed by atoms with van der Waals surface area (Å²) in [6.07, 6.45) is 2.22. The molecule has 1 aliphatic rings. The van der Waals surface area contributed by atoms with E-state index in [2.05, 4.69) is 18.7 Å². The van der Waals surface area contributed by atoms with Crippen LogP contribution in [-0.4, -0.2) is 41.9 Å². The fraction of sp³-hybridized carbons (Fsp3) is 0.643. The van der Waals surface area contributed by atoms with E-state index in [9.17, 15) is 4.79 Å². The Morgan fingerprint density at radius 2 is 1.94 bits per heavy atom. The monoisotopic (exact) mass is 250 g/mol. The highest BCUT2D eigenvalue weighted by atomic mass is 16.4. The summed E-state index contributed by atoms with van der Waals surface area (Å²) in [6.45, 7) is 8.75. The van der Waals surface area contributed by atoms with Gasteiger partial charge in [0.15, 0.2) is 5.76 Å². The number of carbonyl (C=O) groups excluding carboxylic acids is 1. The molecule has 1 saturated heterocycles. The van der Waals surface area contributed by atoms with Gasteiger partial charge in [-0.1, -0.05) is 13.8 Å². The van der Waals surface area contributed by atoms with Crippen LogP contribution in [0.3, 0.4) is 0 Å². The van der Waals surface area contributed by atoms with Gasteiger partial charge in [0.25, 0.3) is 5.91 Å². The summed E-state index contributed by atoms with van der Waals surface area (Å²) in [6, 6.07) is 3.72. The molecule has 1 amide bonds. The fourth-order valence-electron chi connectivity index (χ4n) is 2.32. The van der Waals surface area contributed by atoms with Crippen molar-refractivity contribution in [3.05, 3.63) is 23.7 Å². The van der Waals surface area contributed by atoms with Gasteiger partial charge in [-0.15, -0.1) is 0 Å². The van der Waals surface area contributed by atoms with E-state index in [0.29, 0.717) is 5.76 Å². The molecule has 1 fully saturated rings. The van der Waals surface area contributed by atoms with Crippen molar-refractivity contribution in [2.24, 2.45) is 0 Å². The van der Waals surface area contributed by atoms with Gasteiger partial charge in [0.05, 0.1) is 6.54 Å². The van der Waals surface area contributed by atoms with Gasteiger partial charge in [-0.25, -0.2) is 0 Å². The predicted octanol–water partition coefficient (Wildman–Crippen LogP) is 2.36. The number of rotatable bonds is 5. The quantitative estimate of drug-likeness (QED) is 0.805. The Kier molecular flexibility index (Phi) is 4.42. The predicted molar refractivity (Wildman–Crippen MR) is 70.5 cm³/mol. The van der Waals surface area contributed by atoms with Crippen LogP contribution in [0.15, 0.2) is 16.5 Å². The lowest BCUT2D eigenvalue weighted by atomic mass is 10.3. The molecule has 0 atom stereocenters. The molecular formula is C14H22N2O2. The number of amides is 1. The van der Waals surface area contributed by atoms with Gasteiger partial charge in [-0.3, -0.25) is 9.69 Å². The van der Waals surface area contributed by atoms with E-state index in [4.69, 9.17) is 4.42 Å². The second-order valence-electron chi connectivity index (χ2n) is 4.73. The van der Waals surface area contributed by atoms with Crippen molar-refractivity contribution in [2.75, 3.05) is 26.2 Å². The summed E-state index contributed by atoms with van der Waals surface area (Å²) in [5, 5.41) is 0. The topological polar surface area (TPSA) is 36.7 Å². The van der Waals surface area contributed by atoms with Gasteiger partial charge in [-0.2, -0.15) is 0 Å². The number of hydrogen-bond acceptors (Lipinski definition) is 3. The Labute approximate surface area is 109 Å². The maximum absolute atomic E-state index is 12.1. The van der Waals surface area contributed by atoms with Crippen molar-refractivity contribution >= 4 is 5.91 Å². The Morgan fingerprint density at radius 3 is 2.56 bits per heavy atom. The lowest BCUT2D eigenvalue weighted by molar-refractivity contribution is 0.0757. The molecule has 1 aromatic heterocycles. The van der Waals surface area contributed by atoms with Crippen molar-refractivity contribution in [3.8, 4) is 0 Å². The van der Waals surface area contributed by atoms with E-state index >= 15 is 0 Å². The van der Waals surface area contributed by atoms with Crippen LogP contribution in [0.1, 0.15) is 43.0 Å². The Morgan fingerprint density at radius 1 is 1.28 bits per heavy atom. The van der Waals surface area contributed by atoms with E-state index in [-0.39, 0.29) is 5.91 Å². The number of likely N-dealkylation sites (tertiary alicyclic amines) is 1. The van der Waals surface area contributed by atoms with Gasteiger partial charge in [0, 0.05) is 13.1 Å². The Bertz CT molecular complexity index is 390. The zero-order chi connectivity index (χ0) is 13.0. The third-order valence-corrected chi connectivity index (χ3v) is 3.54. The minimum absolute atomic E-state index is 0.0401. The molecule has 0 radical (unpaired) electrons. The normalized spacial score (nSPS) is 15.6. The summed E-state index contributed by atoms with van der Waals surface area (Å²) in [7, 11) is 0. The first-order valence-electron chi connectivity index (χ1n) is 6.85. The maximum Gasteiger partial charge on any atom is 0.289 e. The largest absolute Gasteiger partial charge is 0.455 e. The highest BCUT2D eigenvalue weighted by molar-refractivity contribution is 5.91. The summed E-state index contributed by atoms with van der Waals surface area (Å²) < 4.78 is 5.66. The lowest BCUT2D eigenvalue weighted by Gasteiger charge is -2.16. The van der Waals surface area contributed by atoms with Crippen LogP contribution < -0.4 is 0 Å². The molecular weight excluding hydrogens is 228 g/mol. The number of hydrogen-bond donors (Lipinski definition) is 0. The van der Waals surface area contributed by atoms with Crippen molar-refractivity contribution in [3.63, 3.8) is 0 Å². The molecule has 4 heteroatoms. The fourth-order valence-corrected chi connectivity index (χ4v) is 2.32. The van der Waals surface area contributed by atoms with Crippen LogP contribution in [-0.2, 0) is 6.54 Å². The van der Waals surface area contributed by atoms with Gasteiger partial charge in [0.1, 0.15) is 5.76 Å². The van der Waals surface area contributed by atoms with Crippen LogP contribution in [0.25, 0.3) is 0 Å². The molecule has 0 saturated carbocycles. The van der Waals surface area contributed by atoms with Gasteiger partial charge >= 0.3 is 0 Å². The molecule has 0 aromatic carbocycles. The highest BCUT2D eigenvalue weighted by Crippen LogP contribution is 2.16. The molecule has 0 spiro atoms. The van der Waals surface area contributed by atoms with Crippen LogP contribution >= 0.6 is 0 Å². The summed E-state index contributed by atoms with van der Waals surface area (Å²) in [5.74, 6) is 1.40. The zero-order valence-electron chi connectivity index (χ0n) is 11.3. The molecule has 1 aromatic rings. The standard InChI is InChI=1S/C14H22N2O2/c1-3-15(4-2)11-12-7-8-13(18-12)14(17)16-9-5-6-10-16/h7-8H,3-6,9-11H2,1-2H3. The third-order valence-electron chi connectivity index (χ3n) is 3.54. The number of carbonyl (C=O) groups is 1. The first kappa shape index (κ1) is 13.1. The van der Waals surface area contributed by atoms with E-state index in [1.165, 1.54) is 0 Å². The van der Waals surface area contributed by atoms with Crippen molar-refractivity contribution in [1.82, 2.24) is 9.80 Å². The van der Waals surface area contributed by atoms with E-state index in [0.717, 1.165) is 51.3 Å². The van der Waals surface area contributed by atoms with E-state index in [1.807, 2.05) is 11.0 Å².